The fraction of sp³-hybridized carbons (Fsp3) is 0.102. The Hall–Kier alpha value is -6.94. The summed E-state index contributed by atoms with van der Waals surface area (Å²) in [6.45, 7) is 0. The first kappa shape index (κ1) is 40.8. The van der Waals surface area contributed by atoms with Crippen LogP contribution in [0.4, 0.5) is 28.9 Å². The average molecular weight is 851 g/mol. The Labute approximate surface area is 358 Å². The van der Waals surface area contributed by atoms with E-state index in [1.165, 1.54) is 24.3 Å². The molecule has 8 rings (SSSR count). The Kier molecular flexibility index (Phi) is 11.6. The molecule has 2 aliphatic carbocycles. The molecular formula is C49H30F4N2O4S2. The van der Waals surface area contributed by atoms with Crippen molar-refractivity contribution in [2.24, 2.45) is 9.98 Å². The summed E-state index contributed by atoms with van der Waals surface area (Å²) >= 11 is 9.22. The molecule has 6 aromatic carbocycles. The van der Waals surface area contributed by atoms with Gasteiger partial charge in [0.25, 0.3) is 0 Å². The number of halogens is 4. The number of fused-ring (bicyclic) bond motifs is 4. The topological polar surface area (TPSA) is 77.3 Å². The molecule has 6 nitrogen and oxygen atoms in total. The molecule has 0 aromatic heterocycles. The van der Waals surface area contributed by atoms with E-state index in [1.54, 1.807) is 72.8 Å². The van der Waals surface area contributed by atoms with E-state index in [9.17, 15) is 9.59 Å². The number of thiocarbonyl (C=S) groups is 2. The summed E-state index contributed by atoms with van der Waals surface area (Å²) in [5.41, 5.74) is 3.57. The van der Waals surface area contributed by atoms with Gasteiger partial charge in [0.15, 0.2) is 0 Å². The predicted molar refractivity (Wildman–Crippen MR) is 233 cm³/mol. The highest BCUT2D eigenvalue weighted by Gasteiger charge is 2.49. The van der Waals surface area contributed by atoms with Crippen molar-refractivity contribution >= 4 is 82.4 Å². The first-order chi connectivity index (χ1) is 29.6. The number of nitrogens with zero attached hydrogens (tertiary/aromatic N) is 2. The van der Waals surface area contributed by atoms with E-state index in [0.29, 0.717) is 59.3 Å². The number of carbonyl (C=O) groups excluding carboxylic acids is 2. The lowest BCUT2D eigenvalue weighted by molar-refractivity contribution is 0.0724. The Bertz CT molecular complexity index is 2670. The third kappa shape index (κ3) is 8.31. The molecule has 1 spiro atoms. The van der Waals surface area contributed by atoms with Gasteiger partial charge in [-0.05, 0) is 145 Å². The number of aliphatic imine (C=N–C) groups is 2. The van der Waals surface area contributed by atoms with Crippen LogP contribution in [0.5, 0.6) is 11.5 Å². The Balaban J connectivity index is 1.03. The molecule has 0 radical (unpaired) electrons. The van der Waals surface area contributed by atoms with Crippen molar-refractivity contribution in [2.45, 2.75) is 31.1 Å². The van der Waals surface area contributed by atoms with Gasteiger partial charge in [-0.2, -0.15) is 9.98 Å². The second-order valence-electron chi connectivity index (χ2n) is 14.4. The lowest BCUT2D eigenvalue weighted by Crippen LogP contribution is -2.25. The van der Waals surface area contributed by atoms with E-state index < -0.39 is 40.6 Å². The van der Waals surface area contributed by atoms with Crippen LogP contribution in [0.3, 0.4) is 0 Å². The van der Waals surface area contributed by atoms with E-state index in [1.807, 2.05) is 12.1 Å². The zero-order valence-corrected chi connectivity index (χ0v) is 33.5. The van der Waals surface area contributed by atoms with Gasteiger partial charge in [0.2, 0.25) is 0 Å². The van der Waals surface area contributed by atoms with E-state index >= 15 is 17.6 Å². The van der Waals surface area contributed by atoms with Crippen molar-refractivity contribution < 1.29 is 36.6 Å². The molecule has 300 valence electrons. The normalized spacial score (nSPS) is 15.0. The highest BCUT2D eigenvalue weighted by molar-refractivity contribution is 7.78. The molecule has 6 aromatic rings. The quantitative estimate of drug-likeness (QED) is 0.0341. The van der Waals surface area contributed by atoms with Crippen LogP contribution in [0.25, 0.3) is 24.3 Å². The summed E-state index contributed by atoms with van der Waals surface area (Å²) in [6.07, 6.45) is 7.96. The summed E-state index contributed by atoms with van der Waals surface area (Å²) < 4.78 is 73.2. The molecule has 12 heteroatoms. The fourth-order valence-electron chi connectivity index (χ4n) is 8.10. The number of hydrogen-bond donors (Lipinski definition) is 0. The number of benzene rings is 6. The molecule has 61 heavy (non-hydrogen) atoms. The minimum atomic E-state index is -0.964. The Morgan fingerprint density at radius 1 is 0.557 bits per heavy atom. The first-order valence-corrected chi connectivity index (χ1v) is 19.8. The number of ether oxygens (including phenoxy) is 2. The molecule has 0 saturated carbocycles. The SMILES string of the molecule is O=C(Oc1cccc2c1C1(CC2)CCc2cccc(OC(=O)c3cc(F)c(/C=C/c4ccc(N=C=S)cc4)c(F)c3)c21)c1cc(F)c(/C=C\c2ccc(N=C=S)cc2)c(F)c1. The summed E-state index contributed by atoms with van der Waals surface area (Å²) in [5, 5.41) is 4.55. The third-order valence-corrected chi connectivity index (χ3v) is 11.1. The molecule has 0 saturated heterocycles. The van der Waals surface area contributed by atoms with Crippen LogP contribution in [0.1, 0.15) is 78.1 Å². The Morgan fingerprint density at radius 3 is 1.30 bits per heavy atom. The molecule has 0 aliphatic heterocycles. The van der Waals surface area contributed by atoms with Gasteiger partial charge in [-0.1, -0.05) is 60.7 Å². The van der Waals surface area contributed by atoms with Gasteiger partial charge in [0.05, 0.1) is 32.8 Å². The van der Waals surface area contributed by atoms with Crippen LogP contribution in [0.2, 0.25) is 0 Å². The molecule has 1 unspecified atom stereocenters. The monoisotopic (exact) mass is 850 g/mol. The van der Waals surface area contributed by atoms with Gasteiger partial charge in [0, 0.05) is 27.7 Å². The van der Waals surface area contributed by atoms with Gasteiger partial charge in [-0.3, -0.25) is 0 Å². The molecule has 0 N–H and O–H groups in total. The van der Waals surface area contributed by atoms with Crippen LogP contribution in [-0.4, -0.2) is 22.3 Å². The second-order valence-corrected chi connectivity index (χ2v) is 14.8. The van der Waals surface area contributed by atoms with Crippen molar-refractivity contribution in [3.05, 3.63) is 188 Å². The van der Waals surface area contributed by atoms with E-state index in [2.05, 4.69) is 44.7 Å². The fourth-order valence-corrected chi connectivity index (χ4v) is 8.31. The number of carbonyl (C=O) groups is 2. The zero-order valence-electron chi connectivity index (χ0n) is 31.9. The van der Waals surface area contributed by atoms with Gasteiger partial charge < -0.3 is 9.47 Å². The van der Waals surface area contributed by atoms with Gasteiger partial charge in [-0.25, -0.2) is 27.2 Å². The molecule has 0 bridgehead atoms. The number of isothiocyanates is 2. The van der Waals surface area contributed by atoms with Gasteiger partial charge >= 0.3 is 11.9 Å². The third-order valence-electron chi connectivity index (χ3n) is 10.9. The molecule has 0 heterocycles. The Morgan fingerprint density at radius 2 is 0.934 bits per heavy atom. The molecular weight excluding hydrogens is 821 g/mol. The van der Waals surface area contributed by atoms with Crippen LogP contribution in [-0.2, 0) is 18.3 Å². The second kappa shape index (κ2) is 17.3. The number of esters is 2. The van der Waals surface area contributed by atoms with E-state index in [4.69, 9.17) is 9.47 Å². The van der Waals surface area contributed by atoms with Crippen LogP contribution in [0.15, 0.2) is 119 Å². The summed E-state index contributed by atoms with van der Waals surface area (Å²) in [5.74, 6) is -5.35. The predicted octanol–water partition coefficient (Wildman–Crippen LogP) is 12.7. The highest BCUT2D eigenvalue weighted by atomic mass is 32.1. The van der Waals surface area contributed by atoms with Crippen molar-refractivity contribution in [1.29, 1.82) is 0 Å². The lowest BCUT2D eigenvalue weighted by Gasteiger charge is -2.29. The van der Waals surface area contributed by atoms with Crippen molar-refractivity contribution in [2.75, 3.05) is 0 Å². The van der Waals surface area contributed by atoms with E-state index in [-0.39, 0.29) is 33.8 Å². The summed E-state index contributed by atoms with van der Waals surface area (Å²) in [4.78, 5) is 35.0. The number of rotatable bonds is 10. The van der Waals surface area contributed by atoms with Crippen molar-refractivity contribution in [1.82, 2.24) is 0 Å². The van der Waals surface area contributed by atoms with Crippen molar-refractivity contribution in [3.8, 4) is 11.5 Å². The summed E-state index contributed by atoms with van der Waals surface area (Å²) in [7, 11) is 0. The molecule has 2 aliphatic rings. The number of hydrogen-bond acceptors (Lipinski definition) is 8. The summed E-state index contributed by atoms with van der Waals surface area (Å²) in [6, 6.07) is 27.8. The van der Waals surface area contributed by atoms with Crippen LogP contribution in [0, 0.1) is 23.3 Å². The van der Waals surface area contributed by atoms with Crippen LogP contribution < -0.4 is 9.47 Å². The average Bonchev–Trinajstić information content (AvgIpc) is 3.83. The van der Waals surface area contributed by atoms with Crippen molar-refractivity contribution in [3.63, 3.8) is 0 Å². The minimum absolute atomic E-state index is 0.201. The molecule has 0 fully saturated rings. The maximum atomic E-state index is 15.3. The maximum absolute atomic E-state index is 15.3. The van der Waals surface area contributed by atoms with Gasteiger partial charge in [0.1, 0.15) is 34.8 Å². The largest absolute Gasteiger partial charge is 0.423 e. The zero-order chi connectivity index (χ0) is 42.7. The van der Waals surface area contributed by atoms with Gasteiger partial charge in [-0.15, -0.1) is 0 Å². The smallest absolute Gasteiger partial charge is 0.343 e. The minimum Gasteiger partial charge on any atom is -0.423 e. The first-order valence-electron chi connectivity index (χ1n) is 19.0. The maximum Gasteiger partial charge on any atom is 0.343 e. The van der Waals surface area contributed by atoms with E-state index in [0.717, 1.165) is 35.4 Å². The lowest BCUT2D eigenvalue weighted by atomic mass is 9.76. The molecule has 1 atom stereocenters. The number of aryl methyl sites for hydroxylation is 2. The highest BCUT2D eigenvalue weighted by Crippen LogP contribution is 2.57. The molecule has 0 amide bonds. The van der Waals surface area contributed by atoms with Crippen LogP contribution >= 0.6 is 24.4 Å². The standard InChI is InChI=1S/C49H30F4N2O4S2/c50-39-23-33(24-40(51)37(39)17-11-29-7-13-35(14-8-29)54-27-60)47(56)58-43-5-1-3-31-19-21-49(45(31)43)22-20-32-4-2-6-44(46(32)49)59-48(57)34-25-41(52)38(42(53)26-34)18-12-30-9-15-36(16-10-30)55-28-61/h1-18,23-26H,19-22H2/b17-11-,18-12+.